The van der Waals surface area contributed by atoms with Gasteiger partial charge in [0.15, 0.2) is 0 Å². The highest BCUT2D eigenvalue weighted by Gasteiger charge is 2.40. The second kappa shape index (κ2) is 7.13. The van der Waals surface area contributed by atoms with Crippen molar-refractivity contribution in [2.45, 2.75) is 65.9 Å². The molecule has 2 unspecified atom stereocenters. The highest BCUT2D eigenvalue weighted by molar-refractivity contribution is 5.77. The van der Waals surface area contributed by atoms with Gasteiger partial charge in [0.05, 0.1) is 11.5 Å². The van der Waals surface area contributed by atoms with Crippen LogP contribution < -0.4 is 5.32 Å². The molecular weight excluding hydrogens is 226 g/mol. The molecule has 2 atom stereocenters. The topological polar surface area (TPSA) is 38.3 Å². The predicted octanol–water partition coefficient (Wildman–Crippen LogP) is 3.13. The summed E-state index contributed by atoms with van der Waals surface area (Å²) in [6.45, 7) is 10.3. The van der Waals surface area contributed by atoms with E-state index in [4.69, 9.17) is 4.74 Å². The first-order valence-electron chi connectivity index (χ1n) is 7.42. The molecule has 18 heavy (non-hydrogen) atoms. The van der Waals surface area contributed by atoms with E-state index in [1.807, 2.05) is 6.92 Å². The van der Waals surface area contributed by atoms with Crippen LogP contribution in [-0.4, -0.2) is 25.2 Å². The molecule has 1 heterocycles. The molecule has 1 fully saturated rings. The van der Waals surface area contributed by atoms with Crippen molar-refractivity contribution in [1.82, 2.24) is 5.32 Å². The third kappa shape index (κ3) is 4.27. The van der Waals surface area contributed by atoms with Gasteiger partial charge in [-0.2, -0.15) is 0 Å². The molecule has 106 valence electrons. The fraction of sp³-hybridized carbons (Fsp3) is 0.933. The van der Waals surface area contributed by atoms with Crippen molar-refractivity contribution in [2.75, 3.05) is 13.1 Å². The number of esters is 1. The number of carbonyl (C=O) groups excluding carboxylic acids is 1. The molecule has 0 bridgehead atoms. The molecule has 3 nitrogen and oxygen atoms in total. The Morgan fingerprint density at radius 1 is 1.39 bits per heavy atom. The van der Waals surface area contributed by atoms with E-state index in [-0.39, 0.29) is 17.5 Å². The molecule has 0 spiro atoms. The second-order valence-electron chi connectivity index (χ2n) is 6.16. The standard InChI is InChI=1S/C15H29NO2/c1-5-7-15(8-6-9-16-11-15)14(17)18-13(4)10-12(2)3/h12-13,16H,5-11H2,1-4H3. The summed E-state index contributed by atoms with van der Waals surface area (Å²) in [6.07, 6.45) is 5.01. The molecule has 0 amide bonds. The Kier molecular flexibility index (Phi) is 6.13. The Labute approximate surface area is 112 Å². The van der Waals surface area contributed by atoms with Crippen molar-refractivity contribution in [1.29, 1.82) is 0 Å². The summed E-state index contributed by atoms with van der Waals surface area (Å²) in [6, 6.07) is 0. The minimum Gasteiger partial charge on any atom is -0.462 e. The summed E-state index contributed by atoms with van der Waals surface area (Å²) in [7, 11) is 0. The lowest BCUT2D eigenvalue weighted by atomic mass is 9.77. The van der Waals surface area contributed by atoms with Crippen LogP contribution in [0.3, 0.4) is 0 Å². The van der Waals surface area contributed by atoms with Crippen LogP contribution in [0.1, 0.15) is 59.8 Å². The Morgan fingerprint density at radius 3 is 2.61 bits per heavy atom. The first-order valence-corrected chi connectivity index (χ1v) is 7.42. The first-order chi connectivity index (χ1) is 8.50. The molecular formula is C15H29NO2. The molecule has 1 aliphatic heterocycles. The third-order valence-corrected chi connectivity index (χ3v) is 3.75. The van der Waals surface area contributed by atoms with Crippen LogP contribution in [0.15, 0.2) is 0 Å². The molecule has 1 saturated heterocycles. The first kappa shape index (κ1) is 15.5. The number of rotatable bonds is 6. The van der Waals surface area contributed by atoms with Crippen molar-refractivity contribution in [3.63, 3.8) is 0 Å². The van der Waals surface area contributed by atoms with Gasteiger partial charge < -0.3 is 10.1 Å². The number of hydrogen-bond acceptors (Lipinski definition) is 3. The summed E-state index contributed by atoms with van der Waals surface area (Å²) >= 11 is 0. The predicted molar refractivity (Wildman–Crippen MR) is 74.5 cm³/mol. The smallest absolute Gasteiger partial charge is 0.313 e. The summed E-state index contributed by atoms with van der Waals surface area (Å²) in [5.74, 6) is 0.587. The molecule has 1 N–H and O–H groups in total. The normalized spacial score (nSPS) is 26.1. The van der Waals surface area contributed by atoms with Crippen LogP contribution >= 0.6 is 0 Å². The minimum atomic E-state index is -0.266. The maximum absolute atomic E-state index is 12.4. The van der Waals surface area contributed by atoms with E-state index in [2.05, 4.69) is 26.1 Å². The number of carbonyl (C=O) groups is 1. The molecule has 0 aromatic carbocycles. The van der Waals surface area contributed by atoms with Gasteiger partial charge in [0.2, 0.25) is 0 Å². The summed E-state index contributed by atoms with van der Waals surface area (Å²) in [5.41, 5.74) is -0.266. The van der Waals surface area contributed by atoms with Crippen molar-refractivity contribution < 1.29 is 9.53 Å². The lowest BCUT2D eigenvalue weighted by molar-refractivity contribution is -0.163. The lowest BCUT2D eigenvalue weighted by Crippen LogP contribution is -2.47. The number of hydrogen-bond donors (Lipinski definition) is 1. The van der Waals surface area contributed by atoms with Crippen molar-refractivity contribution >= 4 is 5.97 Å². The molecule has 0 aromatic rings. The van der Waals surface area contributed by atoms with Gasteiger partial charge >= 0.3 is 5.97 Å². The molecule has 0 aromatic heterocycles. The van der Waals surface area contributed by atoms with Crippen LogP contribution in [0, 0.1) is 11.3 Å². The van der Waals surface area contributed by atoms with Gasteiger partial charge in [0, 0.05) is 6.54 Å². The van der Waals surface area contributed by atoms with Gasteiger partial charge in [-0.3, -0.25) is 4.79 Å². The highest BCUT2D eigenvalue weighted by Crippen LogP contribution is 2.33. The van der Waals surface area contributed by atoms with E-state index in [9.17, 15) is 4.79 Å². The van der Waals surface area contributed by atoms with E-state index in [1.165, 1.54) is 0 Å². The summed E-state index contributed by atoms with van der Waals surface area (Å²) < 4.78 is 5.68. The highest BCUT2D eigenvalue weighted by atomic mass is 16.5. The molecule has 0 aliphatic carbocycles. The third-order valence-electron chi connectivity index (χ3n) is 3.75. The van der Waals surface area contributed by atoms with Crippen LogP contribution in [0.4, 0.5) is 0 Å². The van der Waals surface area contributed by atoms with Crippen molar-refractivity contribution in [3.05, 3.63) is 0 Å². The number of piperidine rings is 1. The van der Waals surface area contributed by atoms with E-state index in [1.54, 1.807) is 0 Å². The molecule has 3 heteroatoms. The fourth-order valence-corrected chi connectivity index (χ4v) is 2.96. The van der Waals surface area contributed by atoms with Crippen molar-refractivity contribution in [3.8, 4) is 0 Å². The molecule has 0 radical (unpaired) electrons. The van der Waals surface area contributed by atoms with E-state index < -0.39 is 0 Å². The zero-order valence-electron chi connectivity index (χ0n) is 12.4. The maximum Gasteiger partial charge on any atom is 0.313 e. The van der Waals surface area contributed by atoms with Crippen LogP contribution in [0.5, 0.6) is 0 Å². The second-order valence-corrected chi connectivity index (χ2v) is 6.16. The van der Waals surface area contributed by atoms with E-state index in [0.29, 0.717) is 5.92 Å². The van der Waals surface area contributed by atoms with Crippen LogP contribution in [0.25, 0.3) is 0 Å². The Hall–Kier alpha value is -0.570. The average molecular weight is 255 g/mol. The Morgan fingerprint density at radius 2 is 2.11 bits per heavy atom. The molecule has 1 aliphatic rings. The zero-order valence-corrected chi connectivity index (χ0v) is 12.4. The van der Waals surface area contributed by atoms with Gasteiger partial charge in [-0.25, -0.2) is 0 Å². The lowest BCUT2D eigenvalue weighted by Gasteiger charge is -2.36. The average Bonchev–Trinajstić information content (AvgIpc) is 2.29. The summed E-state index contributed by atoms with van der Waals surface area (Å²) in [4.78, 5) is 12.4. The van der Waals surface area contributed by atoms with Gasteiger partial charge in [-0.15, -0.1) is 0 Å². The fourth-order valence-electron chi connectivity index (χ4n) is 2.96. The van der Waals surface area contributed by atoms with E-state index >= 15 is 0 Å². The van der Waals surface area contributed by atoms with Crippen LogP contribution in [-0.2, 0) is 9.53 Å². The maximum atomic E-state index is 12.4. The van der Waals surface area contributed by atoms with Gasteiger partial charge in [0.25, 0.3) is 0 Å². The Bertz CT molecular complexity index is 252. The number of nitrogens with one attached hydrogen (secondary N) is 1. The molecule has 0 saturated carbocycles. The van der Waals surface area contributed by atoms with Crippen molar-refractivity contribution in [2.24, 2.45) is 11.3 Å². The van der Waals surface area contributed by atoms with Gasteiger partial charge in [-0.05, 0) is 45.1 Å². The molecule has 1 rings (SSSR count). The SMILES string of the molecule is CCCC1(C(=O)OC(C)CC(C)C)CCCNC1. The largest absolute Gasteiger partial charge is 0.462 e. The summed E-state index contributed by atoms with van der Waals surface area (Å²) in [5, 5.41) is 3.35. The van der Waals surface area contributed by atoms with Crippen LogP contribution in [0.2, 0.25) is 0 Å². The monoisotopic (exact) mass is 255 g/mol. The quantitative estimate of drug-likeness (QED) is 0.741. The minimum absolute atomic E-state index is 0.0182. The van der Waals surface area contributed by atoms with E-state index in [0.717, 1.165) is 45.2 Å². The zero-order chi connectivity index (χ0) is 13.6. The van der Waals surface area contributed by atoms with Gasteiger partial charge in [0.1, 0.15) is 0 Å². The number of ether oxygens (including phenoxy) is 1. The van der Waals surface area contributed by atoms with Gasteiger partial charge in [-0.1, -0.05) is 27.2 Å². The Balaban J connectivity index is 2.59.